The Kier molecular flexibility index (Phi) is 4.92. The summed E-state index contributed by atoms with van der Waals surface area (Å²) in [6.07, 6.45) is 4.52. The number of nitrogens with one attached hydrogen (secondary N) is 1. The third-order valence-corrected chi connectivity index (χ3v) is 4.19. The molecule has 0 amide bonds. The smallest absolute Gasteiger partial charge is 0.208 e. The zero-order valence-electron chi connectivity index (χ0n) is 11.1. The van der Waals surface area contributed by atoms with Crippen LogP contribution in [0.1, 0.15) is 13.3 Å². The third-order valence-electron chi connectivity index (χ3n) is 2.14. The van der Waals surface area contributed by atoms with E-state index < -0.39 is 0 Å². The minimum absolute atomic E-state index is 0.796. The second kappa shape index (κ2) is 6.67. The summed E-state index contributed by atoms with van der Waals surface area (Å²) in [7, 11) is 3.90. The summed E-state index contributed by atoms with van der Waals surface area (Å²) < 4.78 is 0.866. The summed E-state index contributed by atoms with van der Waals surface area (Å²) in [5, 5.41) is 13.1. The average molecular weight is 296 g/mol. The van der Waals surface area contributed by atoms with Crippen LogP contribution in [0, 0.1) is 0 Å². The van der Waals surface area contributed by atoms with Crippen molar-refractivity contribution in [1.29, 1.82) is 0 Å². The maximum absolute atomic E-state index is 4.47. The quantitative estimate of drug-likeness (QED) is 0.877. The topological polar surface area (TPSA) is 66.8 Å². The van der Waals surface area contributed by atoms with E-state index in [1.165, 1.54) is 23.1 Å². The first kappa shape index (κ1) is 14.0. The van der Waals surface area contributed by atoms with Crippen LogP contribution in [0.4, 0.5) is 10.9 Å². The number of anilines is 2. The van der Waals surface area contributed by atoms with E-state index in [4.69, 9.17) is 0 Å². The van der Waals surface area contributed by atoms with Crippen molar-refractivity contribution in [2.45, 2.75) is 22.7 Å². The lowest BCUT2D eigenvalue weighted by molar-refractivity contribution is 0.945. The first-order valence-corrected chi connectivity index (χ1v) is 7.57. The number of aromatic nitrogens is 4. The maximum Gasteiger partial charge on any atom is 0.208 e. The van der Waals surface area contributed by atoms with Crippen molar-refractivity contribution >= 4 is 34.0 Å². The van der Waals surface area contributed by atoms with Gasteiger partial charge in [-0.1, -0.05) is 18.3 Å². The molecule has 2 aromatic heterocycles. The highest BCUT2D eigenvalue weighted by atomic mass is 32.2. The first-order valence-electron chi connectivity index (χ1n) is 5.93. The highest BCUT2D eigenvalue weighted by Gasteiger charge is 2.08. The Morgan fingerprint density at radius 1 is 1.32 bits per heavy atom. The second-order valence-corrected chi connectivity index (χ2v) is 6.24. The highest BCUT2D eigenvalue weighted by molar-refractivity contribution is 8.01. The van der Waals surface area contributed by atoms with Crippen molar-refractivity contribution in [2.75, 3.05) is 30.9 Å². The van der Waals surface area contributed by atoms with Crippen LogP contribution in [0.5, 0.6) is 0 Å². The molecule has 0 radical (unpaired) electrons. The molecule has 6 nitrogen and oxygen atoms in total. The van der Waals surface area contributed by atoms with Crippen LogP contribution >= 0.6 is 23.1 Å². The molecule has 102 valence electrons. The molecular weight excluding hydrogens is 280 g/mol. The molecule has 0 saturated carbocycles. The number of hydrogen-bond acceptors (Lipinski definition) is 8. The maximum atomic E-state index is 4.47. The van der Waals surface area contributed by atoms with E-state index in [1.54, 1.807) is 12.4 Å². The van der Waals surface area contributed by atoms with E-state index in [9.17, 15) is 0 Å². The predicted octanol–water partition coefficient (Wildman–Crippen LogP) is 2.37. The second-order valence-electron chi connectivity index (χ2n) is 4.02. The van der Waals surface area contributed by atoms with Gasteiger partial charge in [0.05, 0.1) is 12.4 Å². The van der Waals surface area contributed by atoms with E-state index in [1.807, 2.05) is 19.0 Å². The predicted molar refractivity (Wildman–Crippen MR) is 79.2 cm³/mol. The first-order chi connectivity index (χ1) is 9.19. The zero-order chi connectivity index (χ0) is 13.7. The fourth-order valence-corrected chi connectivity index (χ4v) is 2.92. The van der Waals surface area contributed by atoms with Gasteiger partial charge in [-0.3, -0.25) is 4.98 Å². The summed E-state index contributed by atoms with van der Waals surface area (Å²) >= 11 is 3.02. The fourth-order valence-electron chi connectivity index (χ4n) is 1.25. The Hall–Kier alpha value is -1.41. The molecule has 0 aliphatic carbocycles. The van der Waals surface area contributed by atoms with Crippen LogP contribution in [0.25, 0.3) is 0 Å². The molecule has 0 unspecified atom stereocenters. The van der Waals surface area contributed by atoms with Gasteiger partial charge in [0.25, 0.3) is 0 Å². The van der Waals surface area contributed by atoms with Crippen molar-refractivity contribution in [1.82, 2.24) is 20.2 Å². The molecule has 0 saturated heterocycles. The van der Waals surface area contributed by atoms with Crippen LogP contribution in [-0.4, -0.2) is 40.8 Å². The van der Waals surface area contributed by atoms with Gasteiger partial charge in [-0.05, 0) is 18.2 Å². The van der Waals surface area contributed by atoms with Gasteiger partial charge in [-0.25, -0.2) is 4.98 Å². The number of nitrogens with zero attached hydrogens (tertiary/aromatic N) is 5. The summed E-state index contributed by atoms with van der Waals surface area (Å²) in [5.74, 6) is 0.796. The molecule has 2 heterocycles. The van der Waals surface area contributed by atoms with E-state index in [0.717, 1.165) is 33.3 Å². The van der Waals surface area contributed by atoms with Crippen molar-refractivity contribution in [3.05, 3.63) is 12.4 Å². The summed E-state index contributed by atoms with van der Waals surface area (Å²) in [5.41, 5.74) is 0. The lowest BCUT2D eigenvalue weighted by Crippen LogP contribution is -2.07. The number of rotatable bonds is 6. The van der Waals surface area contributed by atoms with Crippen LogP contribution in [0.3, 0.4) is 0 Å². The summed E-state index contributed by atoms with van der Waals surface area (Å²) in [6, 6.07) is 0. The van der Waals surface area contributed by atoms with Crippen LogP contribution in [-0.2, 0) is 0 Å². The van der Waals surface area contributed by atoms with Crippen molar-refractivity contribution in [2.24, 2.45) is 0 Å². The molecule has 0 spiro atoms. The van der Waals surface area contributed by atoms with Crippen molar-refractivity contribution in [3.8, 4) is 0 Å². The van der Waals surface area contributed by atoms with Gasteiger partial charge >= 0.3 is 0 Å². The van der Waals surface area contributed by atoms with Gasteiger partial charge < -0.3 is 10.2 Å². The van der Waals surface area contributed by atoms with Gasteiger partial charge in [0.2, 0.25) is 5.13 Å². The van der Waals surface area contributed by atoms with Gasteiger partial charge in [-0.2, -0.15) is 0 Å². The molecule has 0 aromatic carbocycles. The molecule has 0 fully saturated rings. The Balaban J connectivity index is 2.05. The van der Waals surface area contributed by atoms with E-state index in [0.29, 0.717) is 0 Å². The highest BCUT2D eigenvalue weighted by Crippen LogP contribution is 2.31. The van der Waals surface area contributed by atoms with Crippen molar-refractivity contribution < 1.29 is 0 Å². The van der Waals surface area contributed by atoms with Gasteiger partial charge in [0, 0.05) is 20.6 Å². The van der Waals surface area contributed by atoms with Crippen LogP contribution < -0.4 is 10.2 Å². The Bertz CT molecular complexity index is 527. The lowest BCUT2D eigenvalue weighted by Gasteiger charge is -2.04. The van der Waals surface area contributed by atoms with Gasteiger partial charge in [-0.15, -0.1) is 10.2 Å². The molecule has 19 heavy (non-hydrogen) atoms. The molecule has 2 aromatic rings. The minimum atomic E-state index is 0.796. The molecule has 0 bridgehead atoms. The van der Waals surface area contributed by atoms with E-state index in [2.05, 4.69) is 32.4 Å². The lowest BCUT2D eigenvalue weighted by atomic mass is 10.5. The molecular formula is C11H16N6S2. The van der Waals surface area contributed by atoms with E-state index in [-0.39, 0.29) is 0 Å². The molecule has 8 heteroatoms. The molecule has 0 atom stereocenters. The monoisotopic (exact) mass is 296 g/mol. The summed E-state index contributed by atoms with van der Waals surface area (Å²) in [6.45, 7) is 3.01. The third kappa shape index (κ3) is 4.03. The fraction of sp³-hybridized carbons (Fsp3) is 0.455. The molecule has 0 aliphatic rings. The van der Waals surface area contributed by atoms with Gasteiger partial charge in [0.1, 0.15) is 10.8 Å². The van der Waals surface area contributed by atoms with E-state index >= 15 is 0 Å². The average Bonchev–Trinajstić information content (AvgIpc) is 2.85. The number of hydrogen-bond donors (Lipinski definition) is 1. The van der Waals surface area contributed by atoms with Crippen LogP contribution in [0.15, 0.2) is 21.8 Å². The minimum Gasteiger partial charge on any atom is -0.369 e. The largest absolute Gasteiger partial charge is 0.369 e. The Labute approximate surface area is 120 Å². The van der Waals surface area contributed by atoms with Gasteiger partial charge in [0.15, 0.2) is 4.34 Å². The summed E-state index contributed by atoms with van der Waals surface area (Å²) in [4.78, 5) is 10.6. The molecule has 0 aliphatic heterocycles. The zero-order valence-corrected chi connectivity index (χ0v) is 12.8. The Morgan fingerprint density at radius 2 is 2.16 bits per heavy atom. The molecule has 2 rings (SSSR count). The SMILES string of the molecule is CCCNc1cncc(Sc2nnc(N(C)C)s2)n1. The standard InChI is InChI=1S/C11H16N6S2/c1-4-5-13-8-6-12-7-9(14-8)18-11-16-15-10(19-11)17(2)3/h6-7H,4-5H2,1-3H3,(H,13,14). The normalized spacial score (nSPS) is 10.5. The van der Waals surface area contributed by atoms with Crippen LogP contribution in [0.2, 0.25) is 0 Å². The molecule has 1 N–H and O–H groups in total. The van der Waals surface area contributed by atoms with Crippen molar-refractivity contribution in [3.63, 3.8) is 0 Å². The Morgan fingerprint density at radius 3 is 2.84 bits per heavy atom.